The third kappa shape index (κ3) is 4.68. The Morgan fingerprint density at radius 2 is 1.91 bits per heavy atom. The Labute approximate surface area is 193 Å². The van der Waals surface area contributed by atoms with Crippen LogP contribution in [0.2, 0.25) is 0 Å². The van der Waals surface area contributed by atoms with Crippen molar-refractivity contribution in [3.63, 3.8) is 0 Å². The van der Waals surface area contributed by atoms with E-state index in [0.29, 0.717) is 16.0 Å². The van der Waals surface area contributed by atoms with Crippen molar-refractivity contribution in [2.24, 2.45) is 0 Å². The van der Waals surface area contributed by atoms with Crippen LogP contribution in [0, 0.1) is 0 Å². The third-order valence-electron chi connectivity index (χ3n) is 5.38. The van der Waals surface area contributed by atoms with Gasteiger partial charge in [0.1, 0.15) is 10.6 Å². The van der Waals surface area contributed by atoms with Crippen molar-refractivity contribution in [3.8, 4) is 0 Å². The number of para-hydroxylation sites is 1. The number of benzene rings is 1. The number of hydrogen-bond acceptors (Lipinski definition) is 8. The van der Waals surface area contributed by atoms with E-state index in [9.17, 15) is 19.2 Å². The fourth-order valence-corrected chi connectivity index (χ4v) is 5.04. The Morgan fingerprint density at radius 3 is 2.70 bits per heavy atom. The summed E-state index contributed by atoms with van der Waals surface area (Å²) in [5.74, 6) is -2.31. The number of thiophene rings is 1. The van der Waals surface area contributed by atoms with Gasteiger partial charge in [-0.1, -0.05) is 12.1 Å². The lowest BCUT2D eigenvalue weighted by Gasteiger charge is -2.14. The zero-order valence-electron chi connectivity index (χ0n) is 18.3. The Bertz CT molecular complexity index is 1290. The fourth-order valence-electron chi connectivity index (χ4n) is 3.76. The minimum absolute atomic E-state index is 0.224. The molecule has 0 saturated carbocycles. The summed E-state index contributed by atoms with van der Waals surface area (Å²) in [5, 5.41) is 3.45. The van der Waals surface area contributed by atoms with Gasteiger partial charge >= 0.3 is 11.9 Å². The van der Waals surface area contributed by atoms with Gasteiger partial charge in [0.2, 0.25) is 5.76 Å². The molecule has 1 unspecified atom stereocenters. The number of carbonyl (C=O) groups is 3. The second-order valence-electron chi connectivity index (χ2n) is 7.64. The molecular weight excluding hydrogens is 446 g/mol. The molecule has 0 bridgehead atoms. The summed E-state index contributed by atoms with van der Waals surface area (Å²) >= 11 is 1.35. The zero-order chi connectivity index (χ0) is 23.5. The maximum absolute atomic E-state index is 12.8. The molecule has 1 aliphatic rings. The van der Waals surface area contributed by atoms with E-state index in [1.807, 2.05) is 0 Å². The van der Waals surface area contributed by atoms with E-state index in [1.165, 1.54) is 18.3 Å². The van der Waals surface area contributed by atoms with Crippen LogP contribution in [0.5, 0.6) is 0 Å². The van der Waals surface area contributed by atoms with E-state index in [-0.39, 0.29) is 23.4 Å². The molecule has 0 spiro atoms. The number of nitrogens with one attached hydrogen (secondary N) is 1. The monoisotopic (exact) mass is 469 g/mol. The molecule has 33 heavy (non-hydrogen) atoms. The van der Waals surface area contributed by atoms with Crippen molar-refractivity contribution in [2.75, 3.05) is 11.9 Å². The molecule has 1 aromatic carbocycles. The summed E-state index contributed by atoms with van der Waals surface area (Å²) < 4.78 is 15.9. The predicted octanol–water partition coefficient (Wildman–Crippen LogP) is 4.09. The fraction of sp³-hybridized carbons (Fsp3) is 0.333. The molecule has 172 valence electrons. The summed E-state index contributed by atoms with van der Waals surface area (Å²) in [6.07, 6.45) is 2.39. The molecule has 1 aliphatic carbocycles. The van der Waals surface area contributed by atoms with Crippen LogP contribution in [0.25, 0.3) is 11.0 Å². The Balaban J connectivity index is 1.51. The van der Waals surface area contributed by atoms with Gasteiger partial charge in [-0.3, -0.25) is 9.59 Å². The summed E-state index contributed by atoms with van der Waals surface area (Å²) in [7, 11) is 0. The molecule has 0 radical (unpaired) electrons. The minimum Gasteiger partial charge on any atom is -0.462 e. The van der Waals surface area contributed by atoms with E-state index in [0.717, 1.165) is 42.2 Å². The average Bonchev–Trinajstić information content (AvgIpc) is 3.17. The number of aryl methyl sites for hydroxylation is 1. The topological polar surface area (TPSA) is 112 Å². The molecule has 2 heterocycles. The zero-order valence-corrected chi connectivity index (χ0v) is 19.1. The first kappa shape index (κ1) is 22.7. The van der Waals surface area contributed by atoms with Crippen molar-refractivity contribution in [2.45, 2.75) is 45.6 Å². The largest absolute Gasteiger partial charge is 0.462 e. The lowest BCUT2D eigenvalue weighted by molar-refractivity contribution is -0.123. The van der Waals surface area contributed by atoms with Crippen LogP contribution in [-0.4, -0.2) is 30.6 Å². The van der Waals surface area contributed by atoms with Crippen molar-refractivity contribution >= 4 is 45.2 Å². The van der Waals surface area contributed by atoms with Crippen LogP contribution in [0.1, 0.15) is 58.0 Å². The highest BCUT2D eigenvalue weighted by Crippen LogP contribution is 2.38. The molecular formula is C24H23NO7S. The first-order chi connectivity index (χ1) is 15.9. The van der Waals surface area contributed by atoms with Crippen molar-refractivity contribution < 1.29 is 28.3 Å². The van der Waals surface area contributed by atoms with Gasteiger partial charge in [0.25, 0.3) is 5.91 Å². The van der Waals surface area contributed by atoms with Crippen LogP contribution in [0.15, 0.2) is 39.5 Å². The maximum Gasteiger partial charge on any atom is 0.375 e. The van der Waals surface area contributed by atoms with Gasteiger partial charge in [0.05, 0.1) is 17.6 Å². The molecule has 1 N–H and O–H groups in total. The molecule has 0 aliphatic heterocycles. The van der Waals surface area contributed by atoms with E-state index < -0.39 is 23.9 Å². The van der Waals surface area contributed by atoms with Crippen LogP contribution < -0.4 is 10.7 Å². The molecule has 3 aromatic rings. The molecule has 0 fully saturated rings. The normalized spacial score (nSPS) is 13.8. The lowest BCUT2D eigenvalue weighted by Crippen LogP contribution is -2.30. The second kappa shape index (κ2) is 9.58. The predicted molar refractivity (Wildman–Crippen MR) is 123 cm³/mol. The van der Waals surface area contributed by atoms with Gasteiger partial charge in [-0.15, -0.1) is 11.3 Å². The van der Waals surface area contributed by atoms with Crippen molar-refractivity contribution in [3.05, 3.63) is 62.3 Å². The van der Waals surface area contributed by atoms with Crippen LogP contribution in [0.3, 0.4) is 0 Å². The van der Waals surface area contributed by atoms with Crippen molar-refractivity contribution in [1.29, 1.82) is 0 Å². The number of hydrogen-bond donors (Lipinski definition) is 1. The highest BCUT2D eigenvalue weighted by atomic mass is 32.1. The average molecular weight is 470 g/mol. The summed E-state index contributed by atoms with van der Waals surface area (Å²) in [6.45, 7) is 3.35. The van der Waals surface area contributed by atoms with Crippen LogP contribution >= 0.6 is 11.3 Å². The van der Waals surface area contributed by atoms with Crippen LogP contribution in [0.4, 0.5) is 5.00 Å². The Morgan fingerprint density at radius 1 is 1.15 bits per heavy atom. The lowest BCUT2D eigenvalue weighted by atomic mass is 9.95. The van der Waals surface area contributed by atoms with Gasteiger partial charge < -0.3 is 19.2 Å². The summed E-state index contributed by atoms with van der Waals surface area (Å²) in [4.78, 5) is 51.1. The van der Waals surface area contributed by atoms with Crippen molar-refractivity contribution in [1.82, 2.24) is 0 Å². The third-order valence-corrected chi connectivity index (χ3v) is 6.58. The maximum atomic E-state index is 12.8. The van der Waals surface area contributed by atoms with Gasteiger partial charge in [-0.05, 0) is 57.2 Å². The molecule has 0 saturated heterocycles. The van der Waals surface area contributed by atoms with E-state index in [4.69, 9.17) is 13.9 Å². The number of ether oxygens (including phenoxy) is 2. The molecule has 1 atom stereocenters. The number of rotatable bonds is 6. The van der Waals surface area contributed by atoms with E-state index in [1.54, 1.807) is 31.2 Å². The first-order valence-corrected chi connectivity index (χ1v) is 11.6. The SMILES string of the molecule is CCOC(=O)c1c(NC(=O)C(C)OC(=O)c2cc(=O)c3ccccc3o2)sc2c1CCCC2. The Kier molecular flexibility index (Phi) is 6.60. The standard InChI is InChI=1S/C24H23NO7S/c1-3-30-24(29)20-15-9-5-7-11-19(15)33-22(20)25-21(27)13(2)31-23(28)18-12-16(26)14-8-4-6-10-17(14)32-18/h4,6,8,10,12-13H,3,5,7,9,11H2,1-2H3,(H,25,27). The molecule has 9 heteroatoms. The molecule has 2 aromatic heterocycles. The molecule has 4 rings (SSSR count). The smallest absolute Gasteiger partial charge is 0.375 e. The number of amides is 1. The minimum atomic E-state index is -1.19. The Hall–Kier alpha value is -3.46. The van der Waals surface area contributed by atoms with E-state index in [2.05, 4.69) is 5.32 Å². The first-order valence-electron chi connectivity index (χ1n) is 10.8. The van der Waals surface area contributed by atoms with Gasteiger partial charge in [0.15, 0.2) is 11.5 Å². The van der Waals surface area contributed by atoms with Gasteiger partial charge in [0, 0.05) is 10.9 Å². The number of fused-ring (bicyclic) bond motifs is 2. The molecule has 1 amide bonds. The number of esters is 2. The van der Waals surface area contributed by atoms with Gasteiger partial charge in [-0.2, -0.15) is 0 Å². The van der Waals surface area contributed by atoms with Crippen LogP contribution in [-0.2, 0) is 27.1 Å². The highest BCUT2D eigenvalue weighted by Gasteiger charge is 2.29. The number of carbonyl (C=O) groups excluding carboxylic acids is 3. The quantitative estimate of drug-likeness (QED) is 0.541. The van der Waals surface area contributed by atoms with E-state index >= 15 is 0 Å². The summed E-state index contributed by atoms with van der Waals surface area (Å²) in [5.41, 5.74) is 1.16. The second-order valence-corrected chi connectivity index (χ2v) is 8.75. The van der Waals surface area contributed by atoms with Gasteiger partial charge in [-0.25, -0.2) is 9.59 Å². The summed E-state index contributed by atoms with van der Waals surface area (Å²) in [6, 6.07) is 7.57. The highest BCUT2D eigenvalue weighted by molar-refractivity contribution is 7.17. The molecule has 8 nitrogen and oxygen atoms in total. The number of anilines is 1.